The van der Waals surface area contributed by atoms with Crippen molar-refractivity contribution in [3.8, 4) is 0 Å². The van der Waals surface area contributed by atoms with Gasteiger partial charge in [-0.05, 0) is 115 Å². The van der Waals surface area contributed by atoms with Gasteiger partial charge in [-0.25, -0.2) is 0 Å². The molecule has 0 aromatic heterocycles. The van der Waals surface area contributed by atoms with Gasteiger partial charge in [0.25, 0.3) is 0 Å². The molecule has 0 aliphatic heterocycles. The molecule has 0 amide bonds. The first kappa shape index (κ1) is 28.8. The average molecular weight is 529 g/mol. The highest BCUT2D eigenvalue weighted by Crippen LogP contribution is 2.77. The lowest BCUT2D eigenvalue weighted by atomic mass is 9.32. The van der Waals surface area contributed by atoms with Gasteiger partial charge in [0, 0.05) is 24.2 Å². The summed E-state index contributed by atoms with van der Waals surface area (Å²) in [6.45, 7) is 21.7. The van der Waals surface area contributed by atoms with E-state index in [-0.39, 0.29) is 38.8 Å². The van der Waals surface area contributed by atoms with Gasteiger partial charge >= 0.3 is 0 Å². The maximum atomic E-state index is 13.7. The number of allylic oxidation sites excluding steroid dienone is 1. The summed E-state index contributed by atoms with van der Waals surface area (Å²) in [5.74, 6) is 2.67. The summed E-state index contributed by atoms with van der Waals surface area (Å²) in [5, 5.41) is 21.7. The summed E-state index contributed by atoms with van der Waals surface area (Å²) in [5.41, 5.74) is 0.524. The average Bonchev–Trinajstić information content (AvgIpc) is 3.23. The Kier molecular flexibility index (Phi) is 6.74. The number of hydrogen-bond donors (Lipinski definition) is 2. The molecule has 0 saturated heterocycles. The number of carbonyl (C=O) groups excluding carboxylic acids is 1. The maximum absolute atomic E-state index is 13.7. The van der Waals surface area contributed by atoms with E-state index >= 15 is 0 Å². The highest BCUT2D eigenvalue weighted by atomic mass is 16.6. The summed E-state index contributed by atoms with van der Waals surface area (Å²) < 4.78 is 5.59. The van der Waals surface area contributed by atoms with Crippen LogP contribution in [0.15, 0.2) is 11.6 Å². The molecule has 4 nitrogen and oxygen atoms in total. The van der Waals surface area contributed by atoms with Gasteiger partial charge in [0.1, 0.15) is 0 Å². The van der Waals surface area contributed by atoms with Crippen molar-refractivity contribution in [3.05, 3.63) is 11.6 Å². The lowest BCUT2D eigenvalue weighted by Gasteiger charge is -2.72. The fourth-order valence-electron chi connectivity index (χ4n) is 12.0. The highest BCUT2D eigenvalue weighted by Gasteiger charge is 2.71. The molecule has 10 atom stereocenters. The minimum atomic E-state index is -1.14. The fraction of sp³-hybridized carbons (Fsp3) is 0.912. The third kappa shape index (κ3) is 3.60. The van der Waals surface area contributed by atoms with Crippen molar-refractivity contribution in [2.75, 3.05) is 13.2 Å². The molecule has 216 valence electrons. The van der Waals surface area contributed by atoms with E-state index in [1.807, 2.05) is 6.92 Å². The Hall–Kier alpha value is -0.710. The van der Waals surface area contributed by atoms with Crippen LogP contribution >= 0.6 is 0 Å². The quantitative estimate of drug-likeness (QED) is 0.379. The fourth-order valence-corrected chi connectivity index (χ4v) is 12.0. The van der Waals surface area contributed by atoms with Crippen LogP contribution in [-0.4, -0.2) is 35.5 Å². The Morgan fingerprint density at radius 1 is 0.947 bits per heavy atom. The minimum Gasteiger partial charge on any atom is -0.396 e. The molecule has 0 radical (unpaired) electrons. The molecule has 5 aliphatic carbocycles. The van der Waals surface area contributed by atoms with Crippen molar-refractivity contribution < 1.29 is 19.7 Å². The van der Waals surface area contributed by atoms with E-state index in [2.05, 4.69) is 61.5 Å². The Bertz CT molecular complexity index is 991. The van der Waals surface area contributed by atoms with Crippen LogP contribution in [0, 0.1) is 62.1 Å². The monoisotopic (exact) mass is 528 g/mol. The molecular weight excluding hydrogens is 472 g/mol. The van der Waals surface area contributed by atoms with Crippen LogP contribution in [0.4, 0.5) is 0 Å². The molecular formula is C34H56O4. The van der Waals surface area contributed by atoms with Crippen molar-refractivity contribution in [1.29, 1.82) is 0 Å². The predicted molar refractivity (Wildman–Crippen MR) is 152 cm³/mol. The Morgan fingerprint density at radius 2 is 1.63 bits per heavy atom. The van der Waals surface area contributed by atoms with Gasteiger partial charge in [0.05, 0.1) is 0 Å². The standard InChI is InChI=1S/C34H56O4/c1-10-38-28(37)21-19-31(7)24(30(5,6)27(21)36)14-15-33(9)25(31)12-11-23-26-22(29(2,3)4)13-16-34(26,20-35)18-17-32(23,33)8/h19,22-26,28,35,37H,10-18,20H2,1-9H3/t22-,23-,24+,25-,26-,28?,31+,32-,33-,34-/m1/s1. The number of aliphatic hydroxyl groups excluding tert-OH is 2. The molecule has 0 bridgehead atoms. The molecule has 0 aromatic rings. The first-order chi connectivity index (χ1) is 17.5. The minimum absolute atomic E-state index is 0.0637. The Morgan fingerprint density at radius 3 is 2.24 bits per heavy atom. The van der Waals surface area contributed by atoms with Gasteiger partial charge in [-0.3, -0.25) is 4.79 Å². The van der Waals surface area contributed by atoms with Crippen LogP contribution in [0.5, 0.6) is 0 Å². The van der Waals surface area contributed by atoms with Crippen molar-refractivity contribution >= 4 is 5.78 Å². The van der Waals surface area contributed by atoms with Gasteiger partial charge in [0.15, 0.2) is 12.1 Å². The predicted octanol–water partition coefficient (Wildman–Crippen LogP) is 7.18. The van der Waals surface area contributed by atoms with E-state index in [0.29, 0.717) is 42.5 Å². The Labute approximate surface area is 232 Å². The second-order valence-corrected chi connectivity index (χ2v) is 16.5. The molecule has 5 rings (SSSR count). The zero-order valence-electron chi connectivity index (χ0n) is 25.8. The van der Waals surface area contributed by atoms with E-state index in [1.165, 1.54) is 25.7 Å². The van der Waals surface area contributed by atoms with Gasteiger partial charge in [0.2, 0.25) is 0 Å². The van der Waals surface area contributed by atoms with Gasteiger partial charge in [-0.1, -0.05) is 61.5 Å². The first-order valence-corrected chi connectivity index (χ1v) is 15.7. The smallest absolute Gasteiger partial charge is 0.184 e. The topological polar surface area (TPSA) is 66.8 Å². The summed E-state index contributed by atoms with van der Waals surface area (Å²) in [6.07, 6.45) is 10.4. The van der Waals surface area contributed by atoms with Gasteiger partial charge in [-0.15, -0.1) is 0 Å². The number of fused-ring (bicyclic) bond motifs is 7. The summed E-state index contributed by atoms with van der Waals surface area (Å²) >= 11 is 0. The van der Waals surface area contributed by atoms with E-state index in [4.69, 9.17) is 4.74 Å². The normalized spacial score (nSPS) is 48.9. The third-order valence-corrected chi connectivity index (χ3v) is 14.0. The van der Waals surface area contributed by atoms with Gasteiger partial charge in [-0.2, -0.15) is 0 Å². The van der Waals surface area contributed by atoms with E-state index in [9.17, 15) is 15.0 Å². The molecule has 5 aliphatic rings. The number of rotatable bonds is 4. The van der Waals surface area contributed by atoms with Crippen LogP contribution in [-0.2, 0) is 9.53 Å². The molecule has 4 saturated carbocycles. The Balaban J connectivity index is 1.59. The number of ether oxygens (including phenoxy) is 1. The number of aliphatic hydroxyl groups is 2. The van der Waals surface area contributed by atoms with E-state index in [1.54, 1.807) is 0 Å². The van der Waals surface area contributed by atoms with Crippen LogP contribution in [0.1, 0.15) is 114 Å². The van der Waals surface area contributed by atoms with Crippen molar-refractivity contribution in [2.45, 2.75) is 120 Å². The van der Waals surface area contributed by atoms with Crippen molar-refractivity contribution in [3.63, 3.8) is 0 Å². The van der Waals surface area contributed by atoms with E-state index in [0.717, 1.165) is 25.7 Å². The molecule has 4 fully saturated rings. The van der Waals surface area contributed by atoms with Crippen molar-refractivity contribution in [2.24, 2.45) is 62.1 Å². The van der Waals surface area contributed by atoms with Crippen LogP contribution in [0.2, 0.25) is 0 Å². The zero-order chi connectivity index (χ0) is 28.1. The molecule has 4 heteroatoms. The molecule has 2 N–H and O–H groups in total. The largest absolute Gasteiger partial charge is 0.396 e. The number of Topliss-reactive ketones (excluding diaryl/α,β-unsaturated/α-hetero) is 1. The lowest BCUT2D eigenvalue weighted by Crippen LogP contribution is -2.66. The van der Waals surface area contributed by atoms with Gasteiger partial charge < -0.3 is 14.9 Å². The number of ketones is 1. The first-order valence-electron chi connectivity index (χ1n) is 15.7. The summed E-state index contributed by atoms with van der Waals surface area (Å²) in [6, 6.07) is 0. The second kappa shape index (κ2) is 8.89. The third-order valence-electron chi connectivity index (χ3n) is 14.0. The molecule has 1 unspecified atom stereocenters. The highest BCUT2D eigenvalue weighted by molar-refractivity contribution is 6.01. The molecule has 0 heterocycles. The number of carbonyl (C=O) groups is 1. The summed E-state index contributed by atoms with van der Waals surface area (Å²) in [4.78, 5) is 13.7. The summed E-state index contributed by atoms with van der Waals surface area (Å²) in [7, 11) is 0. The van der Waals surface area contributed by atoms with Crippen LogP contribution in [0.25, 0.3) is 0 Å². The molecule has 38 heavy (non-hydrogen) atoms. The van der Waals surface area contributed by atoms with E-state index < -0.39 is 11.7 Å². The van der Waals surface area contributed by atoms with Crippen molar-refractivity contribution in [1.82, 2.24) is 0 Å². The maximum Gasteiger partial charge on any atom is 0.184 e. The van der Waals surface area contributed by atoms with Crippen LogP contribution < -0.4 is 0 Å². The molecule has 0 spiro atoms. The molecule has 0 aromatic carbocycles. The number of hydrogen-bond acceptors (Lipinski definition) is 4. The SMILES string of the molecule is CCOC(O)C1=C[C@]2(C)[C@H]3CC[C@@H]4[C@H]5[C@H](C(C)(C)C)CC[C@]5(CO)CC[C@@]4(C)[C@]3(C)CC[C@H]2C(C)(C)C1=O. The second-order valence-electron chi connectivity index (χ2n) is 16.5. The van der Waals surface area contributed by atoms with Crippen LogP contribution in [0.3, 0.4) is 0 Å². The lowest BCUT2D eigenvalue weighted by molar-refractivity contribution is -0.226. The zero-order valence-corrected chi connectivity index (χ0v) is 25.8.